The Morgan fingerprint density at radius 1 is 1.56 bits per heavy atom. The van der Waals surface area contributed by atoms with Gasteiger partial charge in [0.15, 0.2) is 0 Å². The summed E-state index contributed by atoms with van der Waals surface area (Å²) in [5.41, 5.74) is 4.90. The van der Waals surface area contributed by atoms with Gasteiger partial charge in [-0.25, -0.2) is 4.79 Å². The first-order chi connectivity index (χ1) is 12.0. The molecule has 0 radical (unpaired) electrons. The zero-order chi connectivity index (χ0) is 17.9. The molecule has 7 nitrogen and oxygen atoms in total. The number of morpholine rings is 1. The third-order valence-electron chi connectivity index (χ3n) is 4.78. The summed E-state index contributed by atoms with van der Waals surface area (Å²) in [6, 6.07) is 2.77. The van der Waals surface area contributed by atoms with Gasteiger partial charge in [0.05, 0.1) is 31.7 Å². The van der Waals surface area contributed by atoms with Crippen LogP contribution in [0.4, 0.5) is 4.79 Å². The van der Waals surface area contributed by atoms with Crippen molar-refractivity contribution in [3.8, 4) is 0 Å². The molecular formula is C17H25N3O4S. The van der Waals surface area contributed by atoms with Crippen LogP contribution in [0.5, 0.6) is 0 Å². The minimum absolute atomic E-state index is 0.000162. The monoisotopic (exact) mass is 367 g/mol. The SMILES string of the molecule is CCC1CN(C(=O)CC(NC(N)=O)c2cccs2)CC2(CCOC2)O1. The average Bonchev–Trinajstić information content (AvgIpc) is 3.25. The van der Waals surface area contributed by atoms with E-state index in [1.165, 1.54) is 11.3 Å². The molecule has 3 unspecified atom stereocenters. The van der Waals surface area contributed by atoms with E-state index in [2.05, 4.69) is 12.2 Å². The lowest BCUT2D eigenvalue weighted by atomic mass is 9.97. The molecule has 3 heterocycles. The molecule has 2 aliphatic rings. The van der Waals surface area contributed by atoms with E-state index in [1.54, 1.807) is 0 Å². The molecule has 138 valence electrons. The lowest BCUT2D eigenvalue weighted by Crippen LogP contribution is -2.57. The second-order valence-corrected chi connectivity index (χ2v) is 7.67. The predicted molar refractivity (Wildman–Crippen MR) is 94.3 cm³/mol. The van der Waals surface area contributed by atoms with Gasteiger partial charge in [-0.1, -0.05) is 13.0 Å². The Labute approximate surface area is 151 Å². The van der Waals surface area contributed by atoms with Gasteiger partial charge in [0.25, 0.3) is 0 Å². The molecular weight excluding hydrogens is 342 g/mol. The maximum atomic E-state index is 12.9. The Bertz CT molecular complexity index is 601. The number of nitrogens with zero attached hydrogens (tertiary/aromatic N) is 1. The standard InChI is InChI=1S/C17H25N3O4S/c1-2-12-9-20(10-17(24-12)5-6-23-11-17)15(21)8-13(19-16(18)22)14-4-3-7-25-14/h3-4,7,12-13H,2,5-6,8-11H2,1H3,(H3,18,19,22). The van der Waals surface area contributed by atoms with Crippen molar-refractivity contribution in [2.75, 3.05) is 26.3 Å². The van der Waals surface area contributed by atoms with Gasteiger partial charge in [-0.05, 0) is 17.9 Å². The summed E-state index contributed by atoms with van der Waals surface area (Å²) in [7, 11) is 0. The summed E-state index contributed by atoms with van der Waals surface area (Å²) in [4.78, 5) is 27.0. The summed E-state index contributed by atoms with van der Waals surface area (Å²) in [5, 5.41) is 4.60. The molecule has 2 aliphatic heterocycles. The molecule has 0 aliphatic carbocycles. The summed E-state index contributed by atoms with van der Waals surface area (Å²) in [6.07, 6.45) is 1.86. The van der Waals surface area contributed by atoms with Gasteiger partial charge in [-0.15, -0.1) is 11.3 Å². The molecule has 1 aromatic heterocycles. The van der Waals surface area contributed by atoms with E-state index < -0.39 is 12.1 Å². The molecule has 2 saturated heterocycles. The first-order valence-corrected chi connectivity index (χ1v) is 9.52. The van der Waals surface area contributed by atoms with Gasteiger partial charge >= 0.3 is 6.03 Å². The molecule has 1 spiro atoms. The molecule has 8 heteroatoms. The summed E-state index contributed by atoms with van der Waals surface area (Å²) < 4.78 is 11.7. The highest BCUT2D eigenvalue weighted by molar-refractivity contribution is 7.10. The Morgan fingerprint density at radius 3 is 3.00 bits per heavy atom. The van der Waals surface area contributed by atoms with Crippen molar-refractivity contribution in [1.82, 2.24) is 10.2 Å². The molecule has 2 fully saturated rings. The van der Waals surface area contributed by atoms with Crippen LogP contribution in [0.1, 0.15) is 37.1 Å². The van der Waals surface area contributed by atoms with Crippen LogP contribution in [-0.2, 0) is 14.3 Å². The number of primary amides is 1. The van der Waals surface area contributed by atoms with E-state index in [-0.39, 0.29) is 24.0 Å². The Kier molecular flexibility index (Phi) is 5.61. The van der Waals surface area contributed by atoms with Crippen molar-refractivity contribution < 1.29 is 19.1 Å². The number of hydrogen-bond acceptors (Lipinski definition) is 5. The summed E-state index contributed by atoms with van der Waals surface area (Å²) in [5.74, 6) is 0.000162. The summed E-state index contributed by atoms with van der Waals surface area (Å²) >= 11 is 1.50. The summed E-state index contributed by atoms with van der Waals surface area (Å²) in [6.45, 7) is 4.37. The van der Waals surface area contributed by atoms with E-state index in [4.69, 9.17) is 15.2 Å². The highest BCUT2D eigenvalue weighted by atomic mass is 32.1. The van der Waals surface area contributed by atoms with Crippen molar-refractivity contribution in [2.45, 2.75) is 43.9 Å². The van der Waals surface area contributed by atoms with Gasteiger partial charge < -0.3 is 25.4 Å². The number of carbonyl (C=O) groups is 2. The van der Waals surface area contributed by atoms with Crippen LogP contribution in [0.2, 0.25) is 0 Å². The number of amides is 3. The van der Waals surface area contributed by atoms with E-state index >= 15 is 0 Å². The lowest BCUT2D eigenvalue weighted by molar-refractivity contribution is -0.170. The quantitative estimate of drug-likeness (QED) is 0.827. The van der Waals surface area contributed by atoms with Crippen LogP contribution in [0.25, 0.3) is 0 Å². The molecule has 3 rings (SSSR count). The number of rotatable bonds is 5. The van der Waals surface area contributed by atoms with Crippen molar-refractivity contribution in [3.05, 3.63) is 22.4 Å². The van der Waals surface area contributed by atoms with Crippen molar-refractivity contribution >= 4 is 23.3 Å². The van der Waals surface area contributed by atoms with Gasteiger partial charge in [-0.2, -0.15) is 0 Å². The number of nitrogens with one attached hydrogen (secondary N) is 1. The number of hydrogen-bond donors (Lipinski definition) is 2. The van der Waals surface area contributed by atoms with Crippen molar-refractivity contribution in [3.63, 3.8) is 0 Å². The van der Waals surface area contributed by atoms with Gasteiger partial charge in [0.2, 0.25) is 5.91 Å². The highest BCUT2D eigenvalue weighted by Crippen LogP contribution is 2.32. The normalized spacial score (nSPS) is 27.4. The van der Waals surface area contributed by atoms with Crippen LogP contribution in [0, 0.1) is 0 Å². The van der Waals surface area contributed by atoms with Crippen LogP contribution in [0.3, 0.4) is 0 Å². The number of urea groups is 1. The zero-order valence-corrected chi connectivity index (χ0v) is 15.2. The fourth-order valence-electron chi connectivity index (χ4n) is 3.48. The topological polar surface area (TPSA) is 93.9 Å². The minimum atomic E-state index is -0.625. The molecule has 0 bridgehead atoms. The van der Waals surface area contributed by atoms with Crippen LogP contribution in [-0.4, -0.2) is 54.8 Å². The van der Waals surface area contributed by atoms with Gasteiger partial charge in [0, 0.05) is 24.4 Å². The molecule has 0 saturated carbocycles. The number of carbonyl (C=O) groups excluding carboxylic acids is 2. The molecule has 1 aromatic rings. The third-order valence-corrected chi connectivity index (χ3v) is 5.76. The molecule has 0 aromatic carbocycles. The lowest BCUT2D eigenvalue weighted by Gasteiger charge is -2.44. The van der Waals surface area contributed by atoms with E-state index in [0.717, 1.165) is 17.7 Å². The highest BCUT2D eigenvalue weighted by Gasteiger charge is 2.44. The third kappa shape index (κ3) is 4.31. The number of thiophene rings is 1. The smallest absolute Gasteiger partial charge is 0.312 e. The van der Waals surface area contributed by atoms with Crippen LogP contribution in [0.15, 0.2) is 17.5 Å². The van der Waals surface area contributed by atoms with Crippen molar-refractivity contribution in [2.24, 2.45) is 5.73 Å². The molecule has 25 heavy (non-hydrogen) atoms. The zero-order valence-electron chi connectivity index (χ0n) is 14.4. The fraction of sp³-hybridized carbons (Fsp3) is 0.647. The van der Waals surface area contributed by atoms with E-state index in [9.17, 15) is 9.59 Å². The Hall–Kier alpha value is -1.64. The first-order valence-electron chi connectivity index (χ1n) is 8.64. The molecule has 3 N–H and O–H groups in total. The first kappa shape index (κ1) is 18.2. The Morgan fingerprint density at radius 2 is 2.40 bits per heavy atom. The second kappa shape index (κ2) is 7.72. The van der Waals surface area contributed by atoms with E-state index in [1.807, 2.05) is 22.4 Å². The fourth-order valence-corrected chi connectivity index (χ4v) is 4.26. The predicted octanol–water partition coefficient (Wildman–Crippen LogP) is 1.64. The number of nitrogens with two attached hydrogens (primary N) is 1. The largest absolute Gasteiger partial charge is 0.378 e. The Balaban J connectivity index is 1.70. The molecule has 3 atom stereocenters. The van der Waals surface area contributed by atoms with Crippen molar-refractivity contribution in [1.29, 1.82) is 0 Å². The van der Waals surface area contributed by atoms with E-state index in [0.29, 0.717) is 26.3 Å². The van der Waals surface area contributed by atoms with Gasteiger partial charge in [-0.3, -0.25) is 4.79 Å². The van der Waals surface area contributed by atoms with Gasteiger partial charge in [0.1, 0.15) is 5.60 Å². The maximum absolute atomic E-state index is 12.9. The molecule has 3 amide bonds. The second-order valence-electron chi connectivity index (χ2n) is 6.69. The minimum Gasteiger partial charge on any atom is -0.378 e. The van der Waals surface area contributed by atoms with Crippen LogP contribution < -0.4 is 11.1 Å². The maximum Gasteiger partial charge on any atom is 0.312 e. The van der Waals surface area contributed by atoms with Crippen LogP contribution >= 0.6 is 11.3 Å². The number of ether oxygens (including phenoxy) is 2. The average molecular weight is 367 g/mol.